The number of pyridine rings is 1. The summed E-state index contributed by atoms with van der Waals surface area (Å²) < 4.78 is 1.38. The van der Waals surface area contributed by atoms with Crippen LogP contribution in [0.15, 0.2) is 29.2 Å². The van der Waals surface area contributed by atoms with E-state index < -0.39 is 0 Å². The smallest absolute Gasteiger partial charge is 0.250 e. The number of rotatable bonds is 7. The van der Waals surface area contributed by atoms with Crippen molar-refractivity contribution in [2.75, 3.05) is 19.6 Å². The van der Waals surface area contributed by atoms with Crippen LogP contribution in [0.2, 0.25) is 0 Å². The molecule has 2 N–H and O–H groups in total. The first-order valence-corrected chi connectivity index (χ1v) is 5.87. The van der Waals surface area contributed by atoms with Gasteiger partial charge in [0.15, 0.2) is 0 Å². The summed E-state index contributed by atoms with van der Waals surface area (Å²) in [6.45, 7) is 4.46. The second kappa shape index (κ2) is 9.67. The second-order valence-electron chi connectivity index (χ2n) is 3.77. The molecule has 0 spiro atoms. The van der Waals surface area contributed by atoms with Gasteiger partial charge in [0.05, 0.1) is 0 Å². The molecule has 1 aromatic rings. The molecule has 0 saturated heterocycles. The Bertz CT molecular complexity index is 406. The van der Waals surface area contributed by atoms with Gasteiger partial charge in [0.25, 0.3) is 5.56 Å². The third-order valence-corrected chi connectivity index (χ3v) is 2.26. The van der Waals surface area contributed by atoms with E-state index in [0.29, 0.717) is 6.54 Å². The molecule has 1 heterocycles. The van der Waals surface area contributed by atoms with Gasteiger partial charge in [0.1, 0.15) is 6.54 Å². The summed E-state index contributed by atoms with van der Waals surface area (Å²) in [4.78, 5) is 22.8. The molecule has 0 aliphatic rings. The monoisotopic (exact) mass is 273 g/mol. The minimum absolute atomic E-state index is 0. The van der Waals surface area contributed by atoms with Gasteiger partial charge in [-0.3, -0.25) is 9.59 Å². The van der Waals surface area contributed by atoms with Crippen molar-refractivity contribution in [3.05, 3.63) is 34.7 Å². The van der Waals surface area contributed by atoms with Gasteiger partial charge in [0, 0.05) is 25.4 Å². The highest BCUT2D eigenvalue weighted by atomic mass is 35.5. The molecule has 0 aromatic carbocycles. The van der Waals surface area contributed by atoms with Gasteiger partial charge in [-0.1, -0.05) is 13.0 Å². The molecular formula is C12H20ClN3O2. The summed E-state index contributed by atoms with van der Waals surface area (Å²) in [5.74, 6) is -0.142. The molecule has 102 valence electrons. The van der Waals surface area contributed by atoms with E-state index in [9.17, 15) is 9.59 Å². The Morgan fingerprint density at radius 2 is 2.06 bits per heavy atom. The van der Waals surface area contributed by atoms with E-state index in [-0.39, 0.29) is 30.4 Å². The number of nitrogens with zero attached hydrogens (tertiary/aromatic N) is 1. The van der Waals surface area contributed by atoms with Gasteiger partial charge in [-0.25, -0.2) is 0 Å². The molecule has 6 heteroatoms. The molecule has 0 bridgehead atoms. The van der Waals surface area contributed by atoms with Crippen LogP contribution < -0.4 is 16.2 Å². The fraction of sp³-hybridized carbons (Fsp3) is 0.500. The largest absolute Gasteiger partial charge is 0.353 e. The van der Waals surface area contributed by atoms with Gasteiger partial charge in [-0.15, -0.1) is 12.4 Å². The molecule has 1 aromatic heterocycles. The van der Waals surface area contributed by atoms with Crippen LogP contribution >= 0.6 is 12.4 Å². The molecule has 1 amide bonds. The number of hydrogen-bond acceptors (Lipinski definition) is 3. The number of carbonyl (C=O) groups is 1. The number of aromatic nitrogens is 1. The Balaban J connectivity index is 0.00000289. The molecule has 18 heavy (non-hydrogen) atoms. The third kappa shape index (κ3) is 6.42. The Morgan fingerprint density at radius 3 is 2.72 bits per heavy atom. The van der Waals surface area contributed by atoms with Gasteiger partial charge in [-0.2, -0.15) is 0 Å². The van der Waals surface area contributed by atoms with Crippen molar-refractivity contribution < 1.29 is 4.79 Å². The van der Waals surface area contributed by atoms with Gasteiger partial charge < -0.3 is 15.2 Å². The Kier molecular flexibility index (Phi) is 8.96. The number of amides is 1. The highest BCUT2D eigenvalue weighted by Gasteiger charge is 2.02. The van der Waals surface area contributed by atoms with Crippen LogP contribution in [0.3, 0.4) is 0 Å². The average molecular weight is 274 g/mol. The first-order valence-electron chi connectivity index (χ1n) is 5.87. The Labute approximate surface area is 113 Å². The van der Waals surface area contributed by atoms with E-state index in [0.717, 1.165) is 19.5 Å². The van der Waals surface area contributed by atoms with E-state index in [1.54, 1.807) is 18.3 Å². The molecule has 0 aliphatic heterocycles. The minimum atomic E-state index is -0.160. The summed E-state index contributed by atoms with van der Waals surface area (Å²) in [5.41, 5.74) is -0.160. The summed E-state index contributed by atoms with van der Waals surface area (Å²) in [6, 6.07) is 4.83. The van der Waals surface area contributed by atoms with Crippen LogP contribution in [-0.4, -0.2) is 30.1 Å². The van der Waals surface area contributed by atoms with Crippen molar-refractivity contribution >= 4 is 18.3 Å². The Morgan fingerprint density at radius 1 is 1.28 bits per heavy atom. The second-order valence-corrected chi connectivity index (χ2v) is 3.77. The SMILES string of the molecule is CCCNCCNC(=O)Cn1ccccc1=O.Cl. The van der Waals surface area contributed by atoms with E-state index in [4.69, 9.17) is 0 Å². The predicted octanol–water partition coefficient (Wildman–Crippen LogP) is 0.386. The summed E-state index contributed by atoms with van der Waals surface area (Å²) in [5, 5.41) is 5.94. The zero-order valence-electron chi connectivity index (χ0n) is 10.5. The highest BCUT2D eigenvalue weighted by molar-refractivity contribution is 5.85. The normalized spacial score (nSPS) is 9.61. The first kappa shape index (κ1) is 16.7. The number of carbonyl (C=O) groups excluding carboxylic acids is 1. The van der Waals surface area contributed by atoms with Crippen LogP contribution in [0, 0.1) is 0 Å². The predicted molar refractivity (Wildman–Crippen MR) is 74.1 cm³/mol. The van der Waals surface area contributed by atoms with Crippen LogP contribution in [0.4, 0.5) is 0 Å². The van der Waals surface area contributed by atoms with E-state index >= 15 is 0 Å². The van der Waals surface area contributed by atoms with Crippen LogP contribution in [-0.2, 0) is 11.3 Å². The summed E-state index contributed by atoms with van der Waals surface area (Å²) in [6.07, 6.45) is 2.69. The maximum Gasteiger partial charge on any atom is 0.250 e. The van der Waals surface area contributed by atoms with Crippen molar-refractivity contribution in [3.63, 3.8) is 0 Å². The summed E-state index contributed by atoms with van der Waals surface area (Å²) in [7, 11) is 0. The van der Waals surface area contributed by atoms with Crippen LogP contribution in [0.5, 0.6) is 0 Å². The lowest BCUT2D eigenvalue weighted by Crippen LogP contribution is -2.36. The lowest BCUT2D eigenvalue weighted by molar-refractivity contribution is -0.121. The van der Waals surface area contributed by atoms with Crippen LogP contribution in [0.1, 0.15) is 13.3 Å². The van der Waals surface area contributed by atoms with Crippen molar-refractivity contribution in [1.82, 2.24) is 15.2 Å². The quantitative estimate of drug-likeness (QED) is 0.707. The summed E-state index contributed by atoms with van der Waals surface area (Å²) >= 11 is 0. The fourth-order valence-corrected chi connectivity index (χ4v) is 1.39. The highest BCUT2D eigenvalue weighted by Crippen LogP contribution is 1.82. The molecule has 0 fully saturated rings. The Hall–Kier alpha value is -1.33. The molecule has 0 radical (unpaired) electrons. The lowest BCUT2D eigenvalue weighted by Gasteiger charge is -2.07. The minimum Gasteiger partial charge on any atom is -0.353 e. The number of halogens is 1. The average Bonchev–Trinajstić information content (AvgIpc) is 2.32. The van der Waals surface area contributed by atoms with E-state index in [2.05, 4.69) is 17.6 Å². The van der Waals surface area contributed by atoms with Crippen molar-refractivity contribution in [3.8, 4) is 0 Å². The lowest BCUT2D eigenvalue weighted by atomic mass is 10.4. The molecule has 0 saturated carbocycles. The molecular weight excluding hydrogens is 254 g/mol. The fourth-order valence-electron chi connectivity index (χ4n) is 1.39. The number of nitrogens with one attached hydrogen (secondary N) is 2. The van der Waals surface area contributed by atoms with Crippen molar-refractivity contribution in [2.45, 2.75) is 19.9 Å². The third-order valence-electron chi connectivity index (χ3n) is 2.26. The first-order chi connectivity index (χ1) is 8.24. The van der Waals surface area contributed by atoms with Gasteiger partial charge in [-0.05, 0) is 19.0 Å². The number of hydrogen-bond donors (Lipinski definition) is 2. The van der Waals surface area contributed by atoms with Crippen molar-refractivity contribution in [1.29, 1.82) is 0 Å². The zero-order valence-corrected chi connectivity index (χ0v) is 11.3. The van der Waals surface area contributed by atoms with Crippen molar-refractivity contribution in [2.24, 2.45) is 0 Å². The standard InChI is InChI=1S/C12H19N3O2.ClH/c1-2-6-13-7-8-14-11(16)10-15-9-4-3-5-12(15)17;/h3-5,9,13H,2,6-8,10H2,1H3,(H,14,16);1H. The molecule has 5 nitrogen and oxygen atoms in total. The van der Waals surface area contributed by atoms with Crippen LogP contribution in [0.25, 0.3) is 0 Å². The topological polar surface area (TPSA) is 63.1 Å². The van der Waals surface area contributed by atoms with Gasteiger partial charge >= 0.3 is 0 Å². The van der Waals surface area contributed by atoms with E-state index in [1.807, 2.05) is 0 Å². The zero-order chi connectivity index (χ0) is 12.5. The molecule has 1 rings (SSSR count). The molecule has 0 unspecified atom stereocenters. The maximum absolute atomic E-state index is 11.5. The van der Waals surface area contributed by atoms with Gasteiger partial charge in [0.2, 0.25) is 5.91 Å². The van der Waals surface area contributed by atoms with E-state index in [1.165, 1.54) is 10.6 Å². The maximum atomic E-state index is 11.5. The molecule has 0 atom stereocenters. The molecule has 0 aliphatic carbocycles.